The molecule has 2 amide bonds. The maximum absolute atomic E-state index is 13.0. The minimum atomic E-state index is -0.219. The number of hydrogen-bond donors (Lipinski definition) is 0. The monoisotopic (exact) mass is 432 g/mol. The molecular formula is C25H21ClN2O3. The van der Waals surface area contributed by atoms with E-state index in [0.717, 1.165) is 22.6 Å². The van der Waals surface area contributed by atoms with Gasteiger partial charge in [0.1, 0.15) is 12.4 Å². The highest BCUT2D eigenvalue weighted by molar-refractivity contribution is 6.31. The van der Waals surface area contributed by atoms with Gasteiger partial charge in [0.15, 0.2) is 0 Å². The first-order chi connectivity index (χ1) is 15.1. The molecule has 5 nitrogen and oxygen atoms in total. The molecule has 0 spiro atoms. The Morgan fingerprint density at radius 3 is 2.26 bits per heavy atom. The topological polar surface area (TPSA) is 59.0 Å². The first-order valence-electron chi connectivity index (χ1n) is 10.7. The Morgan fingerprint density at radius 1 is 0.968 bits per heavy atom. The molecule has 7 rings (SSSR count). The number of hydrogen-bond acceptors (Lipinski definition) is 4. The van der Waals surface area contributed by atoms with E-state index in [9.17, 15) is 9.59 Å². The standard InChI is InChI=1S/C25H21ClN2O3/c26-21-4-2-1-3-15(21)13-31-16-7-5-14(6-8-16)12-27-28-24(29)22-17-9-10-18(20-11-19(17)20)23(22)25(28)30/h1-10,12,17-20,22-23H,11,13H2/t17-,18-,19-,20+,22-,23+/m0/s1. The molecule has 6 heteroatoms. The van der Waals surface area contributed by atoms with E-state index in [1.807, 2.05) is 48.5 Å². The molecule has 5 aliphatic rings. The summed E-state index contributed by atoms with van der Waals surface area (Å²) in [6, 6.07) is 14.9. The van der Waals surface area contributed by atoms with Gasteiger partial charge < -0.3 is 4.74 Å². The number of hydrazone groups is 1. The maximum atomic E-state index is 13.0. The van der Waals surface area contributed by atoms with Crippen LogP contribution in [-0.2, 0) is 16.2 Å². The van der Waals surface area contributed by atoms with Crippen LogP contribution >= 0.6 is 11.6 Å². The van der Waals surface area contributed by atoms with E-state index in [1.165, 1.54) is 0 Å². The number of nitrogens with zero attached hydrogens (tertiary/aromatic N) is 2. The lowest BCUT2D eigenvalue weighted by Gasteiger charge is -2.37. The van der Waals surface area contributed by atoms with Gasteiger partial charge in [-0.15, -0.1) is 0 Å². The third kappa shape index (κ3) is 3.02. The molecule has 31 heavy (non-hydrogen) atoms. The van der Waals surface area contributed by atoms with Crippen LogP contribution in [0.5, 0.6) is 5.75 Å². The maximum Gasteiger partial charge on any atom is 0.254 e. The summed E-state index contributed by atoms with van der Waals surface area (Å²) in [6.45, 7) is 0.380. The number of amides is 2. The zero-order valence-electron chi connectivity index (χ0n) is 16.7. The molecule has 0 unspecified atom stereocenters. The van der Waals surface area contributed by atoms with E-state index in [1.54, 1.807) is 6.21 Å². The summed E-state index contributed by atoms with van der Waals surface area (Å²) in [5.74, 6) is 1.60. The second-order valence-electron chi connectivity index (χ2n) is 8.84. The SMILES string of the molecule is O=C1[C@@H]2[C@H]3C=C[C@@H]([C@@H]4C[C@H]34)[C@@H]2C(=O)N1N=Cc1ccc(OCc2ccccc2Cl)cc1. The summed E-state index contributed by atoms with van der Waals surface area (Å²) in [5.41, 5.74) is 1.72. The smallest absolute Gasteiger partial charge is 0.254 e. The Balaban J connectivity index is 1.13. The number of rotatable bonds is 5. The lowest BCUT2D eigenvalue weighted by molar-refractivity contribution is -0.140. The summed E-state index contributed by atoms with van der Waals surface area (Å²) in [6.07, 6.45) is 7.06. The molecule has 1 saturated heterocycles. The predicted octanol–water partition coefficient (Wildman–Crippen LogP) is 4.31. The van der Waals surface area contributed by atoms with Gasteiger partial charge in [0.25, 0.3) is 11.8 Å². The molecule has 0 radical (unpaired) electrons. The number of imide groups is 1. The Kier molecular flexibility index (Phi) is 4.29. The lowest BCUT2D eigenvalue weighted by Crippen LogP contribution is -2.40. The molecule has 156 valence electrons. The molecule has 2 saturated carbocycles. The fourth-order valence-electron chi connectivity index (χ4n) is 5.61. The van der Waals surface area contributed by atoms with Crippen molar-refractivity contribution in [2.75, 3.05) is 0 Å². The quantitative estimate of drug-likeness (QED) is 0.402. The van der Waals surface area contributed by atoms with E-state index < -0.39 is 0 Å². The lowest BCUT2D eigenvalue weighted by atomic mass is 9.63. The zero-order chi connectivity index (χ0) is 21.1. The average Bonchev–Trinajstić information content (AvgIpc) is 3.57. The van der Waals surface area contributed by atoms with Crippen molar-refractivity contribution in [3.63, 3.8) is 0 Å². The summed E-state index contributed by atoms with van der Waals surface area (Å²) in [4.78, 5) is 25.9. The van der Waals surface area contributed by atoms with Crippen molar-refractivity contribution >= 4 is 29.6 Å². The third-order valence-electron chi connectivity index (χ3n) is 7.19. The van der Waals surface area contributed by atoms with Crippen LogP contribution in [0.2, 0.25) is 5.02 Å². The molecule has 2 aromatic carbocycles. The number of allylic oxidation sites excluding steroid dienone is 2. The summed E-state index contributed by atoms with van der Waals surface area (Å²) >= 11 is 6.16. The van der Waals surface area contributed by atoms with E-state index in [4.69, 9.17) is 16.3 Å². The molecule has 2 aromatic rings. The highest BCUT2D eigenvalue weighted by atomic mass is 35.5. The van der Waals surface area contributed by atoms with Crippen molar-refractivity contribution in [1.82, 2.24) is 5.01 Å². The first-order valence-corrected chi connectivity index (χ1v) is 11.1. The average molecular weight is 433 g/mol. The van der Waals surface area contributed by atoms with E-state index in [0.29, 0.717) is 29.2 Å². The Labute approximate surface area is 185 Å². The number of halogens is 1. The van der Waals surface area contributed by atoms with Crippen LogP contribution < -0.4 is 4.74 Å². The van der Waals surface area contributed by atoms with Crippen molar-refractivity contribution < 1.29 is 14.3 Å². The van der Waals surface area contributed by atoms with Crippen LogP contribution in [0.25, 0.3) is 0 Å². The van der Waals surface area contributed by atoms with Crippen molar-refractivity contribution in [3.05, 3.63) is 76.8 Å². The van der Waals surface area contributed by atoms with E-state index in [-0.39, 0.29) is 35.5 Å². The second-order valence-corrected chi connectivity index (χ2v) is 9.24. The number of ether oxygens (including phenoxy) is 1. The molecule has 2 bridgehead atoms. The van der Waals surface area contributed by atoms with Crippen LogP contribution in [0, 0.1) is 35.5 Å². The van der Waals surface area contributed by atoms with Crippen LogP contribution in [0.3, 0.4) is 0 Å². The van der Waals surface area contributed by atoms with Gasteiger partial charge in [-0.05, 0) is 66.0 Å². The molecular weight excluding hydrogens is 412 g/mol. The number of benzene rings is 2. The van der Waals surface area contributed by atoms with Crippen molar-refractivity contribution in [2.45, 2.75) is 13.0 Å². The van der Waals surface area contributed by atoms with Gasteiger partial charge in [-0.25, -0.2) is 0 Å². The van der Waals surface area contributed by atoms with Gasteiger partial charge in [0.2, 0.25) is 0 Å². The fraction of sp³-hybridized carbons (Fsp3) is 0.320. The van der Waals surface area contributed by atoms with Crippen LogP contribution in [-0.4, -0.2) is 23.0 Å². The highest BCUT2D eigenvalue weighted by Crippen LogP contribution is 2.65. The van der Waals surface area contributed by atoms with Gasteiger partial charge in [-0.1, -0.05) is 42.0 Å². The normalized spacial score (nSPS) is 32.5. The van der Waals surface area contributed by atoms with Crippen molar-refractivity contribution in [3.8, 4) is 5.75 Å². The molecule has 6 atom stereocenters. The van der Waals surface area contributed by atoms with Crippen molar-refractivity contribution in [1.29, 1.82) is 0 Å². The number of carbonyl (C=O) groups is 2. The molecule has 3 fully saturated rings. The Hall–Kier alpha value is -2.92. The summed E-state index contributed by atoms with van der Waals surface area (Å²) < 4.78 is 5.79. The molecule has 0 N–H and O–H groups in total. The largest absolute Gasteiger partial charge is 0.489 e. The van der Waals surface area contributed by atoms with Gasteiger partial charge in [0, 0.05) is 10.6 Å². The highest BCUT2D eigenvalue weighted by Gasteiger charge is 2.67. The minimum absolute atomic E-state index is 0.143. The second kappa shape index (κ2) is 7.06. The van der Waals surface area contributed by atoms with Crippen LogP contribution in [0.15, 0.2) is 65.8 Å². The number of carbonyl (C=O) groups excluding carboxylic acids is 2. The molecule has 4 aliphatic carbocycles. The van der Waals surface area contributed by atoms with E-state index >= 15 is 0 Å². The molecule has 1 heterocycles. The van der Waals surface area contributed by atoms with E-state index in [2.05, 4.69) is 17.3 Å². The zero-order valence-corrected chi connectivity index (χ0v) is 17.5. The Morgan fingerprint density at radius 2 is 1.61 bits per heavy atom. The minimum Gasteiger partial charge on any atom is -0.489 e. The summed E-state index contributed by atoms with van der Waals surface area (Å²) in [5, 5.41) is 6.05. The summed E-state index contributed by atoms with van der Waals surface area (Å²) in [7, 11) is 0. The fourth-order valence-corrected chi connectivity index (χ4v) is 5.80. The third-order valence-corrected chi connectivity index (χ3v) is 7.56. The first kappa shape index (κ1) is 18.8. The molecule has 0 aromatic heterocycles. The van der Waals surface area contributed by atoms with Crippen LogP contribution in [0.1, 0.15) is 17.5 Å². The van der Waals surface area contributed by atoms with Gasteiger partial charge >= 0.3 is 0 Å². The van der Waals surface area contributed by atoms with Gasteiger partial charge in [0.05, 0.1) is 18.1 Å². The predicted molar refractivity (Wildman–Crippen MR) is 116 cm³/mol. The van der Waals surface area contributed by atoms with Crippen molar-refractivity contribution in [2.24, 2.45) is 40.6 Å². The molecule has 1 aliphatic heterocycles. The Bertz CT molecular complexity index is 1090. The van der Waals surface area contributed by atoms with Gasteiger partial charge in [-0.3, -0.25) is 9.59 Å². The van der Waals surface area contributed by atoms with Crippen LogP contribution in [0.4, 0.5) is 0 Å². The van der Waals surface area contributed by atoms with Gasteiger partial charge in [-0.2, -0.15) is 10.1 Å².